The van der Waals surface area contributed by atoms with Crippen molar-refractivity contribution in [2.24, 2.45) is 13.0 Å². The topological polar surface area (TPSA) is 55.2 Å². The van der Waals surface area contributed by atoms with Crippen molar-refractivity contribution in [3.63, 3.8) is 0 Å². The number of nitrogens with zero attached hydrogens (tertiary/aromatic N) is 4. The van der Waals surface area contributed by atoms with Crippen molar-refractivity contribution in [1.82, 2.24) is 19.4 Å². The lowest BCUT2D eigenvalue weighted by atomic mass is 9.68. The molecule has 2 aliphatic rings. The molecule has 6 nitrogen and oxygen atoms in total. The van der Waals surface area contributed by atoms with Crippen LogP contribution >= 0.6 is 0 Å². The molecule has 3 atom stereocenters. The van der Waals surface area contributed by atoms with Crippen LogP contribution in [0.4, 0.5) is 5.95 Å². The van der Waals surface area contributed by atoms with Crippen molar-refractivity contribution in [3.8, 4) is 0 Å². The SMILES string of the molecule is CO[C@]12C[C@@H](CNc3ncccn3)CN(C)[C@@H]1Cc1cn(C)c3cccc2c13. The minimum atomic E-state index is -0.287. The number of piperidine rings is 1. The van der Waals surface area contributed by atoms with E-state index in [1.165, 1.54) is 22.0 Å². The van der Waals surface area contributed by atoms with Crippen molar-refractivity contribution < 1.29 is 4.74 Å². The first-order chi connectivity index (χ1) is 13.6. The molecule has 6 heteroatoms. The maximum atomic E-state index is 6.38. The van der Waals surface area contributed by atoms with E-state index in [2.05, 4.69) is 63.2 Å². The molecule has 0 spiro atoms. The van der Waals surface area contributed by atoms with Crippen LogP contribution in [0.25, 0.3) is 10.9 Å². The molecule has 0 radical (unpaired) electrons. The van der Waals surface area contributed by atoms with Crippen molar-refractivity contribution in [3.05, 3.63) is 54.0 Å². The van der Waals surface area contributed by atoms with Gasteiger partial charge in [0.05, 0.1) is 0 Å². The molecule has 5 rings (SSSR count). The zero-order valence-corrected chi connectivity index (χ0v) is 16.7. The van der Waals surface area contributed by atoms with Crippen LogP contribution < -0.4 is 5.32 Å². The van der Waals surface area contributed by atoms with Gasteiger partial charge in [0.25, 0.3) is 0 Å². The van der Waals surface area contributed by atoms with E-state index in [0.717, 1.165) is 25.9 Å². The number of aryl methyl sites for hydroxylation is 1. The molecule has 1 aliphatic heterocycles. The number of ether oxygens (including phenoxy) is 1. The van der Waals surface area contributed by atoms with Crippen molar-refractivity contribution >= 4 is 16.9 Å². The number of nitrogens with one attached hydrogen (secondary N) is 1. The molecule has 1 aliphatic carbocycles. The van der Waals surface area contributed by atoms with Gasteiger partial charge in [0.2, 0.25) is 5.95 Å². The average molecular weight is 377 g/mol. The van der Waals surface area contributed by atoms with E-state index in [0.29, 0.717) is 17.9 Å². The van der Waals surface area contributed by atoms with Gasteiger partial charge < -0.3 is 14.6 Å². The van der Waals surface area contributed by atoms with Crippen LogP contribution in [0.2, 0.25) is 0 Å². The second-order valence-electron chi connectivity index (χ2n) is 8.24. The first-order valence-electron chi connectivity index (χ1n) is 9.96. The molecular formula is C22H27N5O. The van der Waals surface area contributed by atoms with Gasteiger partial charge >= 0.3 is 0 Å². The quantitative estimate of drug-likeness (QED) is 0.758. The summed E-state index contributed by atoms with van der Waals surface area (Å²) in [5, 5.41) is 4.80. The maximum Gasteiger partial charge on any atom is 0.222 e. The van der Waals surface area contributed by atoms with E-state index in [-0.39, 0.29) is 5.60 Å². The van der Waals surface area contributed by atoms with Gasteiger partial charge in [-0.3, -0.25) is 4.90 Å². The highest BCUT2D eigenvalue weighted by Crippen LogP contribution is 2.49. The molecule has 1 fully saturated rings. The minimum absolute atomic E-state index is 0.287. The van der Waals surface area contributed by atoms with E-state index in [1.807, 2.05) is 13.2 Å². The fourth-order valence-corrected chi connectivity index (χ4v) is 5.48. The molecule has 146 valence electrons. The smallest absolute Gasteiger partial charge is 0.222 e. The van der Waals surface area contributed by atoms with Gasteiger partial charge in [-0.15, -0.1) is 0 Å². The van der Waals surface area contributed by atoms with Gasteiger partial charge in [-0.2, -0.15) is 0 Å². The monoisotopic (exact) mass is 377 g/mol. The number of aromatic nitrogens is 3. The van der Waals surface area contributed by atoms with Crippen molar-refractivity contribution in [2.45, 2.75) is 24.5 Å². The molecule has 1 saturated heterocycles. The Bertz CT molecular complexity index is 1000. The molecule has 1 aromatic carbocycles. The standard InChI is InChI=1S/C22H27N5O/c1-26-14-16-10-19-22(28-3,17-6-4-7-18(26)20(16)17)11-15(13-27(19)2)12-25-21-23-8-5-9-24-21/h4-9,14-15,19H,10-13H2,1-3H3,(H,23,24,25)/t15-,19+,22-/m0/s1. The number of hydrogen-bond acceptors (Lipinski definition) is 5. The van der Waals surface area contributed by atoms with Crippen LogP contribution in [0.15, 0.2) is 42.9 Å². The molecular weight excluding hydrogens is 350 g/mol. The fourth-order valence-electron chi connectivity index (χ4n) is 5.48. The van der Waals surface area contributed by atoms with Crippen LogP contribution in [0.1, 0.15) is 17.5 Å². The highest BCUT2D eigenvalue weighted by molar-refractivity contribution is 5.89. The Morgan fingerprint density at radius 1 is 1.21 bits per heavy atom. The largest absolute Gasteiger partial charge is 0.372 e. The predicted molar refractivity (Wildman–Crippen MR) is 110 cm³/mol. The number of rotatable bonds is 4. The number of likely N-dealkylation sites (tertiary alicyclic amines) is 1. The number of likely N-dealkylation sites (N-methyl/N-ethyl adjacent to an activating group) is 1. The summed E-state index contributed by atoms with van der Waals surface area (Å²) in [7, 11) is 6.25. The van der Waals surface area contributed by atoms with Crippen LogP contribution in [0, 0.1) is 5.92 Å². The lowest BCUT2D eigenvalue weighted by Gasteiger charge is -2.53. The van der Waals surface area contributed by atoms with Gasteiger partial charge in [0, 0.05) is 62.8 Å². The molecule has 0 amide bonds. The fraction of sp³-hybridized carbons (Fsp3) is 0.455. The second kappa shape index (κ2) is 6.57. The Balaban J connectivity index is 1.51. The molecule has 0 bridgehead atoms. The Morgan fingerprint density at radius 2 is 2.04 bits per heavy atom. The number of fused-ring (bicyclic) bond motifs is 2. The van der Waals surface area contributed by atoms with E-state index >= 15 is 0 Å². The molecule has 28 heavy (non-hydrogen) atoms. The number of anilines is 1. The highest BCUT2D eigenvalue weighted by atomic mass is 16.5. The summed E-state index contributed by atoms with van der Waals surface area (Å²) < 4.78 is 8.63. The lowest BCUT2D eigenvalue weighted by Crippen LogP contribution is -2.60. The third-order valence-electron chi connectivity index (χ3n) is 6.65. The van der Waals surface area contributed by atoms with Crippen LogP contribution in [0.5, 0.6) is 0 Å². The summed E-state index contributed by atoms with van der Waals surface area (Å²) in [6, 6.07) is 8.84. The van der Waals surface area contributed by atoms with Crippen LogP contribution in [0.3, 0.4) is 0 Å². The zero-order valence-electron chi connectivity index (χ0n) is 16.7. The third kappa shape index (κ3) is 2.55. The minimum Gasteiger partial charge on any atom is -0.372 e. The van der Waals surface area contributed by atoms with E-state index in [1.54, 1.807) is 12.4 Å². The Hall–Kier alpha value is -2.44. The van der Waals surface area contributed by atoms with E-state index in [9.17, 15) is 0 Å². The van der Waals surface area contributed by atoms with Gasteiger partial charge in [-0.1, -0.05) is 12.1 Å². The van der Waals surface area contributed by atoms with Crippen molar-refractivity contribution in [2.75, 3.05) is 32.6 Å². The summed E-state index contributed by atoms with van der Waals surface area (Å²) >= 11 is 0. The number of hydrogen-bond donors (Lipinski definition) is 1. The van der Waals surface area contributed by atoms with Gasteiger partial charge in [-0.05, 0) is 49.1 Å². The summed E-state index contributed by atoms with van der Waals surface area (Å²) in [5.41, 5.74) is 3.78. The second-order valence-corrected chi connectivity index (χ2v) is 8.24. The Kier molecular flexibility index (Phi) is 4.14. The van der Waals surface area contributed by atoms with Crippen LogP contribution in [-0.4, -0.2) is 52.7 Å². The summed E-state index contributed by atoms with van der Waals surface area (Å²) in [4.78, 5) is 11.1. The molecule has 2 aromatic heterocycles. The first-order valence-corrected chi connectivity index (χ1v) is 9.96. The molecule has 1 N–H and O–H groups in total. The Labute approximate surface area is 165 Å². The first kappa shape index (κ1) is 17.6. The molecule has 0 saturated carbocycles. The molecule has 3 heterocycles. The molecule has 3 aromatic rings. The normalized spacial score (nSPS) is 27.0. The van der Waals surface area contributed by atoms with E-state index < -0.39 is 0 Å². The highest BCUT2D eigenvalue weighted by Gasteiger charge is 2.51. The summed E-state index contributed by atoms with van der Waals surface area (Å²) in [5.74, 6) is 1.14. The van der Waals surface area contributed by atoms with Gasteiger partial charge in [0.15, 0.2) is 0 Å². The average Bonchev–Trinajstić information content (AvgIpc) is 3.05. The maximum absolute atomic E-state index is 6.38. The Morgan fingerprint density at radius 3 is 2.82 bits per heavy atom. The lowest BCUT2D eigenvalue weighted by molar-refractivity contribution is -0.123. The van der Waals surface area contributed by atoms with Gasteiger partial charge in [-0.25, -0.2) is 9.97 Å². The third-order valence-corrected chi connectivity index (χ3v) is 6.65. The predicted octanol–water partition coefficient (Wildman–Crippen LogP) is 2.80. The number of benzene rings is 1. The van der Waals surface area contributed by atoms with Crippen LogP contribution in [-0.2, 0) is 23.8 Å². The number of methoxy groups -OCH3 is 1. The van der Waals surface area contributed by atoms with E-state index in [4.69, 9.17) is 4.74 Å². The summed E-state index contributed by atoms with van der Waals surface area (Å²) in [6.07, 6.45) is 7.86. The molecule has 0 unspecified atom stereocenters. The van der Waals surface area contributed by atoms with Gasteiger partial charge in [0.1, 0.15) is 5.60 Å². The van der Waals surface area contributed by atoms with Crippen molar-refractivity contribution in [1.29, 1.82) is 0 Å². The summed E-state index contributed by atoms with van der Waals surface area (Å²) in [6.45, 7) is 1.87. The zero-order chi connectivity index (χ0) is 19.3.